The monoisotopic (exact) mass is 350 g/mol. The van der Waals surface area contributed by atoms with Gasteiger partial charge >= 0.3 is 0 Å². The zero-order valence-corrected chi connectivity index (χ0v) is 13.8. The zero-order chi connectivity index (χ0) is 18.1. The molecule has 3 aromatic rings. The molecule has 0 radical (unpaired) electrons. The summed E-state index contributed by atoms with van der Waals surface area (Å²) in [7, 11) is 0. The topological polar surface area (TPSA) is 79.2 Å². The summed E-state index contributed by atoms with van der Waals surface area (Å²) < 4.78 is 13.5. The first-order valence-electron chi connectivity index (χ1n) is 8.16. The smallest absolute Gasteiger partial charge is 0.254 e. The van der Waals surface area contributed by atoms with Gasteiger partial charge in [0.2, 0.25) is 0 Å². The van der Waals surface area contributed by atoms with Gasteiger partial charge in [0.25, 0.3) is 5.91 Å². The third kappa shape index (κ3) is 2.99. The molecule has 3 heterocycles. The summed E-state index contributed by atoms with van der Waals surface area (Å²) in [4.78, 5) is 27.4. The molecule has 0 bridgehead atoms. The van der Waals surface area contributed by atoms with Crippen LogP contribution < -0.4 is 0 Å². The molecular formula is C19H15FN4O2. The van der Waals surface area contributed by atoms with Crippen molar-refractivity contribution in [2.75, 3.05) is 6.54 Å². The molecule has 1 aliphatic rings. The van der Waals surface area contributed by atoms with Gasteiger partial charge in [0.05, 0.1) is 5.69 Å². The van der Waals surface area contributed by atoms with Crippen molar-refractivity contribution in [1.82, 2.24) is 19.9 Å². The van der Waals surface area contributed by atoms with Crippen molar-refractivity contribution in [2.45, 2.75) is 13.0 Å². The van der Waals surface area contributed by atoms with Gasteiger partial charge in [-0.25, -0.2) is 14.4 Å². The number of aromatic nitrogens is 3. The second-order valence-corrected chi connectivity index (χ2v) is 6.02. The highest BCUT2D eigenvalue weighted by Gasteiger charge is 2.24. The van der Waals surface area contributed by atoms with Gasteiger partial charge in [0.15, 0.2) is 17.4 Å². The largest absolute Gasteiger partial charge is 0.505 e. The third-order valence-corrected chi connectivity index (χ3v) is 4.31. The van der Waals surface area contributed by atoms with Gasteiger partial charge in [-0.05, 0) is 30.3 Å². The van der Waals surface area contributed by atoms with Crippen LogP contribution in [-0.4, -0.2) is 37.4 Å². The van der Waals surface area contributed by atoms with Crippen LogP contribution in [0.25, 0.3) is 11.5 Å². The molecule has 1 aliphatic heterocycles. The number of halogens is 1. The SMILES string of the molecule is O=C(c1ccc(O)c(F)c1)N1CCc2nc(-c3ccccn3)ncc2C1. The van der Waals surface area contributed by atoms with Gasteiger partial charge in [-0.3, -0.25) is 9.78 Å². The van der Waals surface area contributed by atoms with Crippen LogP contribution >= 0.6 is 0 Å². The minimum Gasteiger partial charge on any atom is -0.505 e. The molecule has 0 aliphatic carbocycles. The summed E-state index contributed by atoms with van der Waals surface area (Å²) in [6.45, 7) is 0.839. The maximum atomic E-state index is 13.5. The maximum absolute atomic E-state index is 13.5. The quantitative estimate of drug-likeness (QED) is 0.768. The molecule has 1 N–H and O–H groups in total. The third-order valence-electron chi connectivity index (χ3n) is 4.31. The number of aromatic hydroxyl groups is 1. The predicted octanol–water partition coefficient (Wildman–Crippen LogP) is 2.58. The Labute approximate surface area is 149 Å². The fraction of sp³-hybridized carbons (Fsp3) is 0.158. The van der Waals surface area contributed by atoms with Crippen molar-refractivity contribution >= 4 is 5.91 Å². The number of hydrogen-bond acceptors (Lipinski definition) is 5. The van der Waals surface area contributed by atoms with E-state index in [1.807, 2.05) is 18.2 Å². The molecule has 26 heavy (non-hydrogen) atoms. The summed E-state index contributed by atoms with van der Waals surface area (Å²) in [5, 5.41) is 9.26. The predicted molar refractivity (Wildman–Crippen MR) is 91.8 cm³/mol. The van der Waals surface area contributed by atoms with E-state index in [4.69, 9.17) is 0 Å². The number of benzene rings is 1. The first kappa shape index (κ1) is 16.1. The summed E-state index contributed by atoms with van der Waals surface area (Å²) in [5.74, 6) is -1.01. The van der Waals surface area contributed by atoms with Gasteiger partial charge in [-0.15, -0.1) is 0 Å². The number of phenols is 1. The van der Waals surface area contributed by atoms with Crippen molar-refractivity contribution in [3.8, 4) is 17.3 Å². The molecule has 0 unspecified atom stereocenters. The highest BCUT2D eigenvalue weighted by molar-refractivity contribution is 5.94. The number of carbonyl (C=O) groups is 1. The number of fused-ring (bicyclic) bond motifs is 1. The van der Waals surface area contributed by atoms with E-state index in [1.165, 1.54) is 12.1 Å². The van der Waals surface area contributed by atoms with Crippen molar-refractivity contribution < 1.29 is 14.3 Å². The minimum absolute atomic E-state index is 0.203. The first-order valence-corrected chi connectivity index (χ1v) is 8.16. The van der Waals surface area contributed by atoms with E-state index in [1.54, 1.807) is 17.3 Å². The lowest BCUT2D eigenvalue weighted by Crippen LogP contribution is -2.36. The zero-order valence-electron chi connectivity index (χ0n) is 13.8. The van der Waals surface area contributed by atoms with E-state index in [2.05, 4.69) is 15.0 Å². The first-order chi connectivity index (χ1) is 12.6. The van der Waals surface area contributed by atoms with Crippen LogP contribution in [0.4, 0.5) is 4.39 Å². The summed E-state index contributed by atoms with van der Waals surface area (Å²) in [5.41, 5.74) is 2.66. The summed E-state index contributed by atoms with van der Waals surface area (Å²) >= 11 is 0. The number of carbonyl (C=O) groups excluding carboxylic acids is 1. The molecule has 1 amide bonds. The molecular weight excluding hydrogens is 335 g/mol. The van der Waals surface area contributed by atoms with Crippen LogP contribution in [0.1, 0.15) is 21.6 Å². The van der Waals surface area contributed by atoms with Crippen molar-refractivity contribution in [1.29, 1.82) is 0 Å². The second-order valence-electron chi connectivity index (χ2n) is 6.02. The molecule has 0 spiro atoms. The average molecular weight is 350 g/mol. The standard InChI is InChI=1S/C19H15FN4O2/c20-14-9-12(4-5-17(14)25)19(26)24-8-6-15-13(11-24)10-22-18(23-15)16-3-1-2-7-21-16/h1-5,7,9-10,25H,6,8,11H2. The molecule has 2 aromatic heterocycles. The molecule has 0 atom stereocenters. The van der Waals surface area contributed by atoms with Crippen molar-refractivity contribution in [3.63, 3.8) is 0 Å². The Balaban J connectivity index is 1.56. The van der Waals surface area contributed by atoms with Gasteiger partial charge in [0, 0.05) is 43.0 Å². The fourth-order valence-electron chi connectivity index (χ4n) is 2.93. The van der Waals surface area contributed by atoms with Crippen molar-refractivity contribution in [3.05, 3.63) is 71.4 Å². The van der Waals surface area contributed by atoms with E-state index in [9.17, 15) is 14.3 Å². The normalized spacial score (nSPS) is 13.3. The Kier molecular flexibility index (Phi) is 4.04. The lowest BCUT2D eigenvalue weighted by Gasteiger charge is -2.28. The Morgan fingerprint density at radius 3 is 2.85 bits per heavy atom. The fourth-order valence-corrected chi connectivity index (χ4v) is 2.93. The molecule has 0 saturated carbocycles. The number of hydrogen-bond donors (Lipinski definition) is 1. The van der Waals surface area contributed by atoms with E-state index < -0.39 is 11.6 Å². The minimum atomic E-state index is -0.809. The number of nitrogens with zero attached hydrogens (tertiary/aromatic N) is 4. The molecule has 7 heteroatoms. The molecule has 6 nitrogen and oxygen atoms in total. The van der Waals surface area contributed by atoms with Crippen LogP contribution in [0.5, 0.6) is 5.75 Å². The number of phenolic OH excluding ortho intramolecular Hbond substituents is 1. The Morgan fingerprint density at radius 2 is 2.08 bits per heavy atom. The number of amides is 1. The average Bonchev–Trinajstić information content (AvgIpc) is 2.69. The van der Waals surface area contributed by atoms with Crippen LogP contribution in [-0.2, 0) is 13.0 Å². The Morgan fingerprint density at radius 1 is 1.19 bits per heavy atom. The lowest BCUT2D eigenvalue weighted by molar-refractivity contribution is 0.0733. The second kappa shape index (κ2) is 6.51. The van der Waals surface area contributed by atoms with Crippen LogP contribution in [0.3, 0.4) is 0 Å². The van der Waals surface area contributed by atoms with Gasteiger partial charge in [-0.1, -0.05) is 6.07 Å². The van der Waals surface area contributed by atoms with E-state index >= 15 is 0 Å². The Bertz CT molecular complexity index is 979. The molecule has 0 fully saturated rings. The molecule has 130 valence electrons. The number of rotatable bonds is 2. The Hall–Kier alpha value is -3.35. The van der Waals surface area contributed by atoms with Crippen molar-refractivity contribution in [2.24, 2.45) is 0 Å². The van der Waals surface area contributed by atoms with Gasteiger partial charge in [0.1, 0.15) is 5.69 Å². The van der Waals surface area contributed by atoms with E-state index in [0.717, 1.165) is 17.3 Å². The van der Waals surface area contributed by atoms with Crippen LogP contribution in [0.15, 0.2) is 48.8 Å². The van der Waals surface area contributed by atoms with Gasteiger partial charge in [-0.2, -0.15) is 0 Å². The molecule has 1 aromatic carbocycles. The molecule has 4 rings (SSSR count). The van der Waals surface area contributed by atoms with E-state index in [0.29, 0.717) is 31.0 Å². The summed E-state index contributed by atoms with van der Waals surface area (Å²) in [6, 6.07) is 9.20. The van der Waals surface area contributed by atoms with Crippen LogP contribution in [0, 0.1) is 5.82 Å². The van der Waals surface area contributed by atoms with Crippen LogP contribution in [0.2, 0.25) is 0 Å². The number of pyridine rings is 1. The lowest BCUT2D eigenvalue weighted by atomic mass is 10.1. The highest BCUT2D eigenvalue weighted by atomic mass is 19.1. The van der Waals surface area contributed by atoms with E-state index in [-0.39, 0.29) is 11.5 Å². The molecule has 0 saturated heterocycles. The highest BCUT2D eigenvalue weighted by Crippen LogP contribution is 2.23. The van der Waals surface area contributed by atoms with Gasteiger partial charge < -0.3 is 10.0 Å². The summed E-state index contributed by atoms with van der Waals surface area (Å²) in [6.07, 6.45) is 3.99. The maximum Gasteiger partial charge on any atom is 0.254 e.